The van der Waals surface area contributed by atoms with Crippen LogP contribution in [-0.4, -0.2) is 12.0 Å². The molecule has 0 fully saturated rings. The SMILES string of the molecule is CNCc1cccc(Cl)c1Oc1cccc2ncccc12. The maximum absolute atomic E-state index is 6.30. The first kappa shape index (κ1) is 13.9. The topological polar surface area (TPSA) is 34.1 Å². The average molecular weight is 299 g/mol. The first-order valence-electron chi connectivity index (χ1n) is 6.73. The molecule has 3 aromatic rings. The lowest BCUT2D eigenvalue weighted by atomic mass is 10.2. The second-order valence-corrected chi connectivity index (χ2v) is 5.09. The molecule has 1 aromatic heterocycles. The fraction of sp³-hybridized carbons (Fsp3) is 0.118. The number of aromatic nitrogens is 1. The van der Waals surface area contributed by atoms with Gasteiger partial charge in [-0.15, -0.1) is 0 Å². The van der Waals surface area contributed by atoms with Crippen LogP contribution < -0.4 is 10.1 Å². The summed E-state index contributed by atoms with van der Waals surface area (Å²) < 4.78 is 6.09. The molecule has 3 rings (SSSR count). The molecule has 106 valence electrons. The van der Waals surface area contributed by atoms with Gasteiger partial charge in [0.2, 0.25) is 0 Å². The lowest BCUT2D eigenvalue weighted by Crippen LogP contribution is -2.06. The standard InChI is InChI=1S/C17H15ClN2O/c1-19-11-12-5-2-7-14(18)17(12)21-16-9-3-8-15-13(16)6-4-10-20-15/h2-10,19H,11H2,1H3. The summed E-state index contributed by atoms with van der Waals surface area (Å²) in [4.78, 5) is 4.34. The van der Waals surface area contributed by atoms with Crippen molar-refractivity contribution in [1.82, 2.24) is 10.3 Å². The van der Waals surface area contributed by atoms with Crippen molar-refractivity contribution in [3.8, 4) is 11.5 Å². The van der Waals surface area contributed by atoms with Gasteiger partial charge in [0, 0.05) is 23.7 Å². The molecule has 0 bridgehead atoms. The number of hydrogen-bond donors (Lipinski definition) is 1. The second kappa shape index (κ2) is 6.12. The molecule has 0 aliphatic rings. The molecule has 0 spiro atoms. The van der Waals surface area contributed by atoms with Crippen molar-refractivity contribution in [2.75, 3.05) is 7.05 Å². The molecule has 0 aliphatic carbocycles. The van der Waals surface area contributed by atoms with Gasteiger partial charge in [0.1, 0.15) is 5.75 Å². The van der Waals surface area contributed by atoms with Gasteiger partial charge in [-0.05, 0) is 37.4 Å². The van der Waals surface area contributed by atoms with Crippen LogP contribution in [0.4, 0.5) is 0 Å². The maximum atomic E-state index is 6.30. The molecule has 3 nitrogen and oxygen atoms in total. The minimum absolute atomic E-state index is 0.601. The molecule has 0 saturated carbocycles. The number of halogens is 1. The van der Waals surface area contributed by atoms with Crippen molar-refractivity contribution in [3.05, 3.63) is 65.3 Å². The van der Waals surface area contributed by atoms with Crippen LogP contribution in [0.1, 0.15) is 5.56 Å². The van der Waals surface area contributed by atoms with Crippen LogP contribution in [0.25, 0.3) is 10.9 Å². The fourth-order valence-corrected chi connectivity index (χ4v) is 2.50. The number of pyridine rings is 1. The molecule has 2 aromatic carbocycles. The third-order valence-corrected chi connectivity index (χ3v) is 3.53. The van der Waals surface area contributed by atoms with Gasteiger partial charge >= 0.3 is 0 Å². The van der Waals surface area contributed by atoms with Crippen LogP contribution in [0.15, 0.2) is 54.7 Å². The Balaban J connectivity index is 2.07. The summed E-state index contributed by atoms with van der Waals surface area (Å²) in [6, 6.07) is 15.5. The zero-order valence-electron chi connectivity index (χ0n) is 11.6. The van der Waals surface area contributed by atoms with Crippen molar-refractivity contribution < 1.29 is 4.74 Å². The van der Waals surface area contributed by atoms with Gasteiger partial charge in [-0.25, -0.2) is 0 Å². The number of hydrogen-bond acceptors (Lipinski definition) is 3. The van der Waals surface area contributed by atoms with Crippen LogP contribution in [0.3, 0.4) is 0 Å². The molecule has 0 amide bonds. The van der Waals surface area contributed by atoms with Gasteiger partial charge < -0.3 is 10.1 Å². The Bertz CT molecular complexity index is 768. The summed E-state index contributed by atoms with van der Waals surface area (Å²) in [6.07, 6.45) is 1.77. The molecule has 1 heterocycles. The van der Waals surface area contributed by atoms with E-state index in [0.29, 0.717) is 17.3 Å². The third kappa shape index (κ3) is 2.84. The van der Waals surface area contributed by atoms with Crippen LogP contribution in [0.2, 0.25) is 5.02 Å². The van der Waals surface area contributed by atoms with E-state index < -0.39 is 0 Å². The van der Waals surface area contributed by atoms with E-state index in [4.69, 9.17) is 16.3 Å². The summed E-state index contributed by atoms with van der Waals surface area (Å²) >= 11 is 6.30. The van der Waals surface area contributed by atoms with E-state index in [1.54, 1.807) is 6.20 Å². The predicted molar refractivity (Wildman–Crippen MR) is 86.0 cm³/mol. The predicted octanol–water partition coefficient (Wildman–Crippen LogP) is 4.40. The highest BCUT2D eigenvalue weighted by Gasteiger charge is 2.11. The number of benzene rings is 2. The number of fused-ring (bicyclic) bond motifs is 1. The molecule has 0 radical (unpaired) electrons. The largest absolute Gasteiger partial charge is 0.455 e. The minimum atomic E-state index is 0.601. The molecule has 0 aliphatic heterocycles. The van der Waals surface area contributed by atoms with Gasteiger partial charge in [-0.2, -0.15) is 0 Å². The van der Waals surface area contributed by atoms with E-state index in [-0.39, 0.29) is 0 Å². The Hall–Kier alpha value is -2.10. The Kier molecular flexibility index (Phi) is 4.04. The van der Waals surface area contributed by atoms with Crippen LogP contribution in [0.5, 0.6) is 11.5 Å². The number of nitrogens with one attached hydrogen (secondary N) is 1. The van der Waals surface area contributed by atoms with Gasteiger partial charge in [0.05, 0.1) is 10.5 Å². The Labute approximate surface area is 128 Å². The van der Waals surface area contributed by atoms with Crippen LogP contribution >= 0.6 is 11.6 Å². The van der Waals surface area contributed by atoms with Gasteiger partial charge in [-0.1, -0.05) is 29.8 Å². The number of nitrogens with zero attached hydrogens (tertiary/aromatic N) is 1. The highest BCUT2D eigenvalue weighted by Crippen LogP contribution is 2.35. The zero-order chi connectivity index (χ0) is 14.7. The Morgan fingerprint density at radius 2 is 1.95 bits per heavy atom. The lowest BCUT2D eigenvalue weighted by Gasteiger charge is -2.14. The van der Waals surface area contributed by atoms with Gasteiger partial charge in [0.25, 0.3) is 0 Å². The van der Waals surface area contributed by atoms with E-state index in [1.165, 1.54) is 0 Å². The van der Waals surface area contributed by atoms with E-state index in [2.05, 4.69) is 10.3 Å². The number of ether oxygens (including phenoxy) is 1. The van der Waals surface area contributed by atoms with Crippen molar-refractivity contribution in [2.45, 2.75) is 6.54 Å². The smallest absolute Gasteiger partial charge is 0.150 e. The molecular weight excluding hydrogens is 284 g/mol. The van der Waals surface area contributed by atoms with E-state index >= 15 is 0 Å². The minimum Gasteiger partial charge on any atom is -0.455 e. The highest BCUT2D eigenvalue weighted by atomic mass is 35.5. The molecular formula is C17H15ClN2O. The second-order valence-electron chi connectivity index (χ2n) is 4.69. The summed E-state index contributed by atoms with van der Waals surface area (Å²) in [5, 5.41) is 4.69. The summed E-state index contributed by atoms with van der Waals surface area (Å²) in [5.74, 6) is 1.44. The fourth-order valence-electron chi connectivity index (χ4n) is 2.27. The maximum Gasteiger partial charge on any atom is 0.150 e. The molecule has 1 N–H and O–H groups in total. The van der Waals surface area contributed by atoms with Crippen molar-refractivity contribution in [2.24, 2.45) is 0 Å². The number of rotatable bonds is 4. The molecule has 0 unspecified atom stereocenters. The zero-order valence-corrected chi connectivity index (χ0v) is 12.4. The monoisotopic (exact) mass is 298 g/mol. The number of para-hydroxylation sites is 1. The van der Waals surface area contributed by atoms with Crippen molar-refractivity contribution in [3.63, 3.8) is 0 Å². The van der Waals surface area contributed by atoms with Crippen molar-refractivity contribution in [1.29, 1.82) is 0 Å². The van der Waals surface area contributed by atoms with E-state index in [1.807, 2.05) is 55.6 Å². The highest BCUT2D eigenvalue weighted by molar-refractivity contribution is 6.32. The van der Waals surface area contributed by atoms with Crippen molar-refractivity contribution >= 4 is 22.5 Å². The summed E-state index contributed by atoms with van der Waals surface area (Å²) in [7, 11) is 1.90. The van der Waals surface area contributed by atoms with E-state index in [0.717, 1.165) is 22.2 Å². The van der Waals surface area contributed by atoms with Gasteiger partial charge in [0.15, 0.2) is 5.75 Å². The molecule has 0 saturated heterocycles. The first-order chi connectivity index (χ1) is 10.3. The Morgan fingerprint density at radius 1 is 1.10 bits per heavy atom. The third-order valence-electron chi connectivity index (χ3n) is 3.23. The molecule has 0 atom stereocenters. The van der Waals surface area contributed by atoms with Crippen LogP contribution in [0, 0.1) is 0 Å². The molecule has 4 heteroatoms. The lowest BCUT2D eigenvalue weighted by molar-refractivity contribution is 0.480. The summed E-state index contributed by atoms with van der Waals surface area (Å²) in [6.45, 7) is 0.693. The van der Waals surface area contributed by atoms with Gasteiger partial charge in [-0.3, -0.25) is 4.98 Å². The normalized spacial score (nSPS) is 10.8. The summed E-state index contributed by atoms with van der Waals surface area (Å²) in [5.41, 5.74) is 1.92. The molecule has 21 heavy (non-hydrogen) atoms. The van der Waals surface area contributed by atoms with E-state index in [9.17, 15) is 0 Å². The van der Waals surface area contributed by atoms with Crippen LogP contribution in [-0.2, 0) is 6.54 Å². The first-order valence-corrected chi connectivity index (χ1v) is 7.11. The average Bonchev–Trinajstić information content (AvgIpc) is 2.51. The Morgan fingerprint density at radius 3 is 2.81 bits per heavy atom. The quantitative estimate of drug-likeness (QED) is 0.775.